The summed E-state index contributed by atoms with van der Waals surface area (Å²) in [6.07, 6.45) is 4.21. The van der Waals surface area contributed by atoms with Gasteiger partial charge in [0.05, 0.1) is 30.1 Å². The number of aromatic nitrogens is 6. The van der Waals surface area contributed by atoms with E-state index in [-0.39, 0.29) is 17.9 Å². The van der Waals surface area contributed by atoms with Crippen LogP contribution >= 0.6 is 0 Å². The van der Waals surface area contributed by atoms with E-state index in [0.29, 0.717) is 6.54 Å². The number of benzene rings is 1. The maximum atomic E-state index is 13.7. The molecule has 0 saturated carbocycles. The number of carbonyl (C=O) groups is 1. The molecule has 2 aromatic heterocycles. The van der Waals surface area contributed by atoms with Gasteiger partial charge in [0.2, 0.25) is 11.9 Å². The van der Waals surface area contributed by atoms with E-state index in [4.69, 9.17) is 0 Å². The van der Waals surface area contributed by atoms with Gasteiger partial charge in [-0.25, -0.2) is 14.8 Å². The Bertz CT molecular complexity index is 870. The molecule has 25 heavy (non-hydrogen) atoms. The molecule has 9 nitrogen and oxygen atoms in total. The molecular weight excluding hydrogens is 327 g/mol. The summed E-state index contributed by atoms with van der Waals surface area (Å²) < 4.78 is 16.5. The predicted octanol–water partition coefficient (Wildman–Crippen LogP) is 0.711. The average Bonchev–Trinajstić information content (AvgIpc) is 3.26. The second-order valence-corrected chi connectivity index (χ2v) is 5.10. The zero-order valence-electron chi connectivity index (χ0n) is 13.4. The molecule has 1 amide bonds. The SMILES string of the molecule is CCn1ncc(C=NNC(=O)Cc2ccc(-n3cnnn3)cc2)c1F. The van der Waals surface area contributed by atoms with E-state index in [2.05, 4.69) is 31.2 Å². The molecule has 0 unspecified atom stereocenters. The first-order valence-electron chi connectivity index (χ1n) is 7.53. The highest BCUT2D eigenvalue weighted by atomic mass is 19.1. The molecule has 0 fully saturated rings. The monoisotopic (exact) mass is 342 g/mol. The van der Waals surface area contributed by atoms with E-state index in [1.165, 1.54) is 28.1 Å². The minimum atomic E-state index is -0.487. The van der Waals surface area contributed by atoms with Crippen LogP contribution in [0.25, 0.3) is 5.69 Å². The number of hydrogen-bond donors (Lipinski definition) is 1. The van der Waals surface area contributed by atoms with Crippen LogP contribution in [-0.4, -0.2) is 42.1 Å². The van der Waals surface area contributed by atoms with Gasteiger partial charge in [0.15, 0.2) is 0 Å². The van der Waals surface area contributed by atoms with Crippen molar-refractivity contribution in [3.05, 3.63) is 53.9 Å². The van der Waals surface area contributed by atoms with Gasteiger partial charge in [-0.15, -0.1) is 5.10 Å². The van der Waals surface area contributed by atoms with Crippen molar-refractivity contribution in [1.82, 2.24) is 35.4 Å². The highest BCUT2D eigenvalue weighted by Crippen LogP contribution is 2.08. The lowest BCUT2D eigenvalue weighted by Crippen LogP contribution is -2.19. The highest BCUT2D eigenvalue weighted by Gasteiger charge is 2.07. The van der Waals surface area contributed by atoms with Crippen LogP contribution in [0.5, 0.6) is 0 Å². The first-order chi connectivity index (χ1) is 12.2. The van der Waals surface area contributed by atoms with Crippen molar-refractivity contribution in [3.63, 3.8) is 0 Å². The Hall–Kier alpha value is -3.43. The van der Waals surface area contributed by atoms with Gasteiger partial charge < -0.3 is 0 Å². The maximum Gasteiger partial charge on any atom is 0.244 e. The topological polar surface area (TPSA) is 103 Å². The third-order valence-corrected chi connectivity index (χ3v) is 3.41. The van der Waals surface area contributed by atoms with Gasteiger partial charge >= 0.3 is 0 Å². The Balaban J connectivity index is 1.55. The molecule has 0 radical (unpaired) electrons. The van der Waals surface area contributed by atoms with E-state index in [1.54, 1.807) is 31.2 Å². The molecule has 3 aromatic rings. The number of amides is 1. The minimum absolute atomic E-state index is 0.143. The molecule has 0 atom stereocenters. The second-order valence-electron chi connectivity index (χ2n) is 5.10. The van der Waals surface area contributed by atoms with Gasteiger partial charge in [-0.1, -0.05) is 12.1 Å². The van der Waals surface area contributed by atoms with E-state index < -0.39 is 5.95 Å². The Kier molecular flexibility index (Phi) is 4.88. The molecule has 10 heteroatoms. The summed E-state index contributed by atoms with van der Waals surface area (Å²) in [7, 11) is 0. The van der Waals surface area contributed by atoms with Crippen LogP contribution in [0.1, 0.15) is 18.1 Å². The molecule has 1 N–H and O–H groups in total. The summed E-state index contributed by atoms with van der Waals surface area (Å²) in [6.45, 7) is 2.20. The molecule has 0 aliphatic heterocycles. The Morgan fingerprint density at radius 1 is 1.36 bits per heavy atom. The Labute approximate surface area is 142 Å². The summed E-state index contributed by atoms with van der Waals surface area (Å²) in [6, 6.07) is 7.20. The first kappa shape index (κ1) is 16.4. The van der Waals surface area contributed by atoms with Crippen LogP contribution in [0.2, 0.25) is 0 Å². The maximum absolute atomic E-state index is 13.7. The van der Waals surface area contributed by atoms with Gasteiger partial charge in [0, 0.05) is 6.54 Å². The van der Waals surface area contributed by atoms with Crippen molar-refractivity contribution in [1.29, 1.82) is 0 Å². The molecule has 0 bridgehead atoms. The number of hydrazone groups is 1. The predicted molar refractivity (Wildman–Crippen MR) is 86.5 cm³/mol. The van der Waals surface area contributed by atoms with E-state index >= 15 is 0 Å². The fourth-order valence-corrected chi connectivity index (χ4v) is 2.14. The lowest BCUT2D eigenvalue weighted by atomic mass is 10.1. The van der Waals surface area contributed by atoms with Crippen LogP contribution in [-0.2, 0) is 17.8 Å². The van der Waals surface area contributed by atoms with Gasteiger partial charge in [-0.2, -0.15) is 14.6 Å². The Morgan fingerprint density at radius 2 is 2.16 bits per heavy atom. The number of aryl methyl sites for hydroxylation is 1. The standard InChI is InChI=1S/C15H15FN8O/c1-2-23-15(16)12(9-19-23)8-17-20-14(25)7-11-3-5-13(6-4-11)24-10-18-21-22-24/h3-6,8-10H,2,7H2,1H3,(H,20,25). The quantitative estimate of drug-likeness (QED) is 0.525. The summed E-state index contributed by atoms with van der Waals surface area (Å²) in [5.74, 6) is -0.798. The van der Waals surface area contributed by atoms with Crippen LogP contribution in [0.15, 0.2) is 41.9 Å². The lowest BCUT2D eigenvalue weighted by molar-refractivity contribution is -0.120. The second kappa shape index (κ2) is 7.43. The Morgan fingerprint density at radius 3 is 2.80 bits per heavy atom. The van der Waals surface area contributed by atoms with Crippen LogP contribution in [0, 0.1) is 5.95 Å². The van der Waals surface area contributed by atoms with Gasteiger partial charge in [0.25, 0.3) is 0 Å². The minimum Gasteiger partial charge on any atom is -0.273 e. The number of tetrazole rings is 1. The molecule has 0 aliphatic rings. The smallest absolute Gasteiger partial charge is 0.244 e. The number of rotatable bonds is 6. The molecule has 0 saturated heterocycles. The van der Waals surface area contributed by atoms with Gasteiger partial charge in [0.1, 0.15) is 6.33 Å². The number of nitrogens with one attached hydrogen (secondary N) is 1. The van der Waals surface area contributed by atoms with E-state index in [1.807, 2.05) is 0 Å². The zero-order chi connectivity index (χ0) is 17.6. The van der Waals surface area contributed by atoms with E-state index in [0.717, 1.165) is 11.3 Å². The van der Waals surface area contributed by atoms with Crippen molar-refractivity contribution in [2.75, 3.05) is 0 Å². The van der Waals surface area contributed by atoms with E-state index in [9.17, 15) is 9.18 Å². The number of hydrogen-bond acceptors (Lipinski definition) is 6. The fourth-order valence-electron chi connectivity index (χ4n) is 2.14. The largest absolute Gasteiger partial charge is 0.273 e. The normalized spacial score (nSPS) is 11.1. The zero-order valence-corrected chi connectivity index (χ0v) is 13.4. The summed E-state index contributed by atoms with van der Waals surface area (Å²) in [5.41, 5.74) is 4.17. The van der Waals surface area contributed by atoms with Crippen LogP contribution in [0.3, 0.4) is 0 Å². The summed E-state index contributed by atoms with van der Waals surface area (Å²) in [4.78, 5) is 11.9. The molecule has 128 valence electrons. The molecular formula is C15H15FN8O. The highest BCUT2D eigenvalue weighted by molar-refractivity contribution is 5.83. The first-order valence-corrected chi connectivity index (χ1v) is 7.53. The van der Waals surface area contributed by atoms with Crippen LogP contribution in [0.4, 0.5) is 4.39 Å². The average molecular weight is 342 g/mol. The molecule has 1 aromatic carbocycles. The molecule has 0 spiro atoms. The van der Waals surface area contributed by atoms with Gasteiger partial charge in [-0.05, 0) is 35.0 Å². The van der Waals surface area contributed by atoms with Crippen molar-refractivity contribution in [2.24, 2.45) is 5.10 Å². The van der Waals surface area contributed by atoms with Crippen LogP contribution < -0.4 is 5.43 Å². The fraction of sp³-hybridized carbons (Fsp3) is 0.200. The number of carbonyl (C=O) groups excluding carboxylic acids is 1. The molecule has 0 aliphatic carbocycles. The third-order valence-electron chi connectivity index (χ3n) is 3.41. The molecule has 2 heterocycles. The van der Waals surface area contributed by atoms with Crippen molar-refractivity contribution in [2.45, 2.75) is 19.9 Å². The van der Waals surface area contributed by atoms with Crippen molar-refractivity contribution in [3.8, 4) is 5.69 Å². The lowest BCUT2D eigenvalue weighted by Gasteiger charge is -2.03. The van der Waals surface area contributed by atoms with Crippen molar-refractivity contribution >= 4 is 12.1 Å². The van der Waals surface area contributed by atoms with Gasteiger partial charge in [-0.3, -0.25) is 4.79 Å². The summed E-state index contributed by atoms with van der Waals surface area (Å²) >= 11 is 0. The van der Waals surface area contributed by atoms with Crippen molar-refractivity contribution < 1.29 is 9.18 Å². The summed E-state index contributed by atoms with van der Waals surface area (Å²) in [5, 5.41) is 18.5. The third kappa shape index (κ3) is 3.91. The number of nitrogens with zero attached hydrogens (tertiary/aromatic N) is 7. The number of halogens is 1. The molecule has 3 rings (SSSR count).